The predicted octanol–water partition coefficient (Wildman–Crippen LogP) is 3.35. The van der Waals surface area contributed by atoms with Crippen molar-refractivity contribution in [2.45, 2.75) is 18.9 Å². The molecule has 1 atom stereocenters. The van der Waals surface area contributed by atoms with Crippen LogP contribution in [0.2, 0.25) is 5.02 Å². The molecule has 0 amide bonds. The molecule has 0 bridgehead atoms. The van der Waals surface area contributed by atoms with Crippen LogP contribution in [0.1, 0.15) is 24.5 Å². The Hall–Kier alpha value is -1.38. The van der Waals surface area contributed by atoms with Gasteiger partial charge in [-0.3, -0.25) is 4.98 Å². The van der Waals surface area contributed by atoms with E-state index in [2.05, 4.69) is 11.9 Å². The predicted molar refractivity (Wildman–Crippen MR) is 70.9 cm³/mol. The van der Waals surface area contributed by atoms with Crippen LogP contribution >= 0.6 is 11.6 Å². The van der Waals surface area contributed by atoms with Gasteiger partial charge in [-0.05, 0) is 41.8 Å². The molecule has 3 heteroatoms. The fourth-order valence-corrected chi connectivity index (χ4v) is 2.18. The van der Waals surface area contributed by atoms with E-state index >= 15 is 0 Å². The Morgan fingerprint density at radius 1 is 1.18 bits per heavy atom. The second-order valence-corrected chi connectivity index (χ2v) is 4.51. The Bertz CT molecular complexity index is 499. The van der Waals surface area contributed by atoms with Gasteiger partial charge in [-0.1, -0.05) is 30.7 Å². The first kappa shape index (κ1) is 12.1. The number of halogens is 1. The smallest absolute Gasteiger partial charge is 0.0664 e. The third-order valence-electron chi connectivity index (χ3n) is 3.09. The van der Waals surface area contributed by atoms with E-state index in [1.165, 1.54) is 0 Å². The Balaban J connectivity index is 2.52. The van der Waals surface area contributed by atoms with Crippen LogP contribution in [0.5, 0.6) is 0 Å². The first-order chi connectivity index (χ1) is 8.16. The number of rotatable bonds is 3. The molecular weight excluding hydrogens is 232 g/mol. The van der Waals surface area contributed by atoms with Crippen molar-refractivity contribution in [2.75, 3.05) is 0 Å². The van der Waals surface area contributed by atoms with E-state index in [4.69, 9.17) is 17.3 Å². The second-order valence-electron chi connectivity index (χ2n) is 4.07. The largest absolute Gasteiger partial charge is 0.318 e. The van der Waals surface area contributed by atoms with Gasteiger partial charge in [-0.15, -0.1) is 0 Å². The number of hydrogen-bond donors (Lipinski definition) is 1. The number of aromatic nitrogens is 1. The lowest BCUT2D eigenvalue weighted by atomic mass is 9.82. The first-order valence-electron chi connectivity index (χ1n) is 5.62. The van der Waals surface area contributed by atoms with Crippen LogP contribution in [0.4, 0.5) is 0 Å². The molecule has 1 unspecified atom stereocenters. The van der Waals surface area contributed by atoms with Crippen molar-refractivity contribution in [1.29, 1.82) is 0 Å². The molecule has 0 aliphatic carbocycles. The number of nitrogens with two attached hydrogens (primary N) is 1. The molecule has 0 saturated carbocycles. The maximum atomic E-state index is 6.52. The normalized spacial score (nSPS) is 14.3. The maximum absolute atomic E-state index is 6.52. The molecule has 1 aromatic heterocycles. The highest BCUT2D eigenvalue weighted by Crippen LogP contribution is 2.31. The molecule has 2 aromatic rings. The molecule has 1 heterocycles. The topological polar surface area (TPSA) is 38.9 Å². The van der Waals surface area contributed by atoms with E-state index in [9.17, 15) is 0 Å². The van der Waals surface area contributed by atoms with Crippen molar-refractivity contribution < 1.29 is 0 Å². The molecule has 1 aromatic carbocycles. The molecule has 0 spiro atoms. The summed E-state index contributed by atoms with van der Waals surface area (Å²) in [4.78, 5) is 4.02. The number of benzene rings is 1. The van der Waals surface area contributed by atoms with Crippen LogP contribution in [-0.2, 0) is 5.54 Å². The highest BCUT2D eigenvalue weighted by atomic mass is 35.5. The summed E-state index contributed by atoms with van der Waals surface area (Å²) in [6.07, 6.45) is 4.33. The van der Waals surface area contributed by atoms with Crippen LogP contribution in [0.25, 0.3) is 0 Å². The molecule has 0 radical (unpaired) electrons. The highest BCUT2D eigenvalue weighted by Gasteiger charge is 2.27. The average Bonchev–Trinajstić information content (AvgIpc) is 2.39. The number of hydrogen-bond acceptors (Lipinski definition) is 2. The lowest BCUT2D eigenvalue weighted by Crippen LogP contribution is -2.37. The minimum atomic E-state index is -0.506. The van der Waals surface area contributed by atoms with Gasteiger partial charge in [0.05, 0.1) is 5.54 Å². The summed E-state index contributed by atoms with van der Waals surface area (Å²) in [7, 11) is 0. The molecular formula is C14H15ClN2. The van der Waals surface area contributed by atoms with Gasteiger partial charge in [0.2, 0.25) is 0 Å². The Kier molecular flexibility index (Phi) is 3.46. The van der Waals surface area contributed by atoms with Gasteiger partial charge in [0.25, 0.3) is 0 Å². The summed E-state index contributed by atoms with van der Waals surface area (Å²) in [5, 5.41) is 0.708. The van der Waals surface area contributed by atoms with Crippen molar-refractivity contribution in [3.8, 4) is 0 Å². The zero-order valence-corrected chi connectivity index (χ0v) is 10.5. The van der Waals surface area contributed by atoms with Crippen LogP contribution in [-0.4, -0.2) is 4.98 Å². The van der Waals surface area contributed by atoms with E-state index in [0.717, 1.165) is 17.5 Å². The zero-order valence-electron chi connectivity index (χ0n) is 9.73. The summed E-state index contributed by atoms with van der Waals surface area (Å²) in [5.74, 6) is 0. The van der Waals surface area contributed by atoms with Gasteiger partial charge in [0.15, 0.2) is 0 Å². The van der Waals surface area contributed by atoms with Gasteiger partial charge in [0.1, 0.15) is 0 Å². The summed E-state index contributed by atoms with van der Waals surface area (Å²) < 4.78 is 0. The maximum Gasteiger partial charge on any atom is 0.0664 e. The van der Waals surface area contributed by atoms with Crippen molar-refractivity contribution in [3.05, 3.63) is 64.9 Å². The Morgan fingerprint density at radius 3 is 2.47 bits per heavy atom. The molecule has 0 aliphatic rings. The first-order valence-corrected chi connectivity index (χ1v) is 6.00. The van der Waals surface area contributed by atoms with E-state index in [0.29, 0.717) is 5.02 Å². The molecule has 88 valence electrons. The van der Waals surface area contributed by atoms with Gasteiger partial charge >= 0.3 is 0 Å². The minimum absolute atomic E-state index is 0.506. The van der Waals surface area contributed by atoms with Crippen molar-refractivity contribution in [3.63, 3.8) is 0 Å². The fraction of sp³-hybridized carbons (Fsp3) is 0.214. The van der Waals surface area contributed by atoms with Crippen LogP contribution in [0.3, 0.4) is 0 Å². The molecule has 17 heavy (non-hydrogen) atoms. The van der Waals surface area contributed by atoms with Crippen LogP contribution in [0.15, 0.2) is 48.8 Å². The SMILES string of the molecule is CCC(N)(c1ccncc1)c1cccc(Cl)c1. The average molecular weight is 247 g/mol. The molecule has 0 fully saturated rings. The molecule has 2 nitrogen and oxygen atoms in total. The standard InChI is InChI=1S/C14H15ClN2/c1-2-14(16,11-6-8-17-9-7-11)12-4-3-5-13(15)10-12/h3-10H,2,16H2,1H3. The van der Waals surface area contributed by atoms with E-state index in [-0.39, 0.29) is 0 Å². The third kappa shape index (κ3) is 2.33. The van der Waals surface area contributed by atoms with Gasteiger partial charge in [-0.25, -0.2) is 0 Å². The monoisotopic (exact) mass is 246 g/mol. The van der Waals surface area contributed by atoms with Crippen LogP contribution < -0.4 is 5.73 Å². The van der Waals surface area contributed by atoms with Gasteiger partial charge in [-0.2, -0.15) is 0 Å². The number of nitrogens with zero attached hydrogens (tertiary/aromatic N) is 1. The lowest BCUT2D eigenvalue weighted by Gasteiger charge is -2.29. The van der Waals surface area contributed by atoms with E-state index in [1.54, 1.807) is 12.4 Å². The molecule has 0 aliphatic heterocycles. The van der Waals surface area contributed by atoms with Crippen molar-refractivity contribution in [1.82, 2.24) is 4.98 Å². The Morgan fingerprint density at radius 2 is 1.88 bits per heavy atom. The van der Waals surface area contributed by atoms with Crippen LogP contribution in [0, 0.1) is 0 Å². The van der Waals surface area contributed by atoms with Crippen molar-refractivity contribution in [2.24, 2.45) is 5.73 Å². The number of pyridine rings is 1. The molecule has 2 rings (SSSR count). The summed E-state index contributed by atoms with van der Waals surface area (Å²) in [6.45, 7) is 2.07. The lowest BCUT2D eigenvalue weighted by molar-refractivity contribution is 0.518. The Labute approximate surface area is 106 Å². The quantitative estimate of drug-likeness (QED) is 0.902. The second kappa shape index (κ2) is 4.86. The fourth-order valence-electron chi connectivity index (χ4n) is 1.99. The third-order valence-corrected chi connectivity index (χ3v) is 3.33. The van der Waals surface area contributed by atoms with E-state index in [1.807, 2.05) is 36.4 Å². The summed E-state index contributed by atoms with van der Waals surface area (Å²) in [6, 6.07) is 11.6. The summed E-state index contributed by atoms with van der Waals surface area (Å²) in [5.41, 5.74) is 8.10. The highest BCUT2D eigenvalue weighted by molar-refractivity contribution is 6.30. The summed E-state index contributed by atoms with van der Waals surface area (Å²) >= 11 is 6.03. The molecule has 2 N–H and O–H groups in total. The zero-order chi connectivity index (χ0) is 12.3. The van der Waals surface area contributed by atoms with E-state index < -0.39 is 5.54 Å². The van der Waals surface area contributed by atoms with Gasteiger partial charge in [0, 0.05) is 17.4 Å². The minimum Gasteiger partial charge on any atom is -0.318 e. The molecule has 0 saturated heterocycles. The van der Waals surface area contributed by atoms with Crippen molar-refractivity contribution >= 4 is 11.6 Å². The van der Waals surface area contributed by atoms with Gasteiger partial charge < -0.3 is 5.73 Å².